The number of hydrogen-bond donors (Lipinski definition) is 3. The summed E-state index contributed by atoms with van der Waals surface area (Å²) < 4.78 is 25.6. The number of aliphatic hydroxyl groups excluding tert-OH is 1. The molecule has 1 aliphatic heterocycles. The number of oxazole rings is 1. The maximum Gasteiger partial charge on any atom is 0.251 e. The van der Waals surface area contributed by atoms with Gasteiger partial charge in [0.05, 0.1) is 23.7 Å². The molecular formula is C28H29FN6O4. The summed E-state index contributed by atoms with van der Waals surface area (Å²) >= 11 is 0. The number of aliphatic hydroxyl groups is 1. The van der Waals surface area contributed by atoms with Crippen LogP contribution in [0.15, 0.2) is 65.8 Å². The quantitative estimate of drug-likeness (QED) is 0.282. The third-order valence-corrected chi connectivity index (χ3v) is 6.47. The summed E-state index contributed by atoms with van der Waals surface area (Å²) in [5.41, 5.74) is 3.74. The molecule has 4 aromatic rings. The number of benzene rings is 1. The SMILES string of the molecule is Cc1ncoc1COc1cc2c(cc1F)CN(C[C@@H](O)CNC(=O)c1ccnc(Nc3cccnc3)c1)CC2. The second kappa shape index (κ2) is 12.0. The van der Waals surface area contributed by atoms with Crippen LogP contribution < -0.4 is 15.4 Å². The van der Waals surface area contributed by atoms with Gasteiger partial charge in [-0.05, 0) is 60.9 Å². The Bertz CT molecular complexity index is 1430. The van der Waals surface area contributed by atoms with Gasteiger partial charge in [0.1, 0.15) is 12.4 Å². The van der Waals surface area contributed by atoms with E-state index in [-0.39, 0.29) is 24.8 Å². The van der Waals surface area contributed by atoms with Crippen molar-refractivity contribution in [2.75, 3.05) is 25.0 Å². The van der Waals surface area contributed by atoms with Crippen LogP contribution in [0.4, 0.5) is 15.9 Å². The van der Waals surface area contributed by atoms with E-state index in [0.717, 1.165) is 16.8 Å². The molecule has 0 aliphatic carbocycles. The number of anilines is 2. The maximum absolute atomic E-state index is 14.7. The van der Waals surface area contributed by atoms with E-state index in [2.05, 4.69) is 25.6 Å². The lowest BCUT2D eigenvalue weighted by atomic mass is 9.99. The number of carbonyl (C=O) groups is 1. The molecule has 0 radical (unpaired) electrons. The third-order valence-electron chi connectivity index (χ3n) is 6.47. The first-order valence-electron chi connectivity index (χ1n) is 12.6. The summed E-state index contributed by atoms with van der Waals surface area (Å²) in [7, 11) is 0. The monoisotopic (exact) mass is 532 g/mol. The number of carbonyl (C=O) groups excluding carboxylic acids is 1. The lowest BCUT2D eigenvalue weighted by Gasteiger charge is -2.30. The normalized spacial score (nSPS) is 13.9. The van der Waals surface area contributed by atoms with Crippen LogP contribution in [0.1, 0.15) is 32.9 Å². The van der Waals surface area contributed by atoms with Crippen LogP contribution in [0.3, 0.4) is 0 Å². The van der Waals surface area contributed by atoms with Gasteiger partial charge in [0.15, 0.2) is 23.7 Å². The summed E-state index contributed by atoms with van der Waals surface area (Å²) in [6.07, 6.45) is 6.11. The molecule has 0 saturated carbocycles. The Morgan fingerprint density at radius 2 is 2.13 bits per heavy atom. The summed E-state index contributed by atoms with van der Waals surface area (Å²) in [5.74, 6) is 0.484. The molecule has 0 bridgehead atoms. The molecule has 5 rings (SSSR count). The molecule has 3 N–H and O–H groups in total. The number of aromatic nitrogens is 3. The first-order valence-corrected chi connectivity index (χ1v) is 12.6. The highest BCUT2D eigenvalue weighted by molar-refractivity contribution is 5.94. The molecule has 4 heterocycles. The summed E-state index contributed by atoms with van der Waals surface area (Å²) in [5, 5.41) is 16.5. The minimum absolute atomic E-state index is 0.0814. The van der Waals surface area contributed by atoms with Crippen molar-refractivity contribution in [2.24, 2.45) is 0 Å². The number of aryl methyl sites for hydroxylation is 1. The van der Waals surface area contributed by atoms with Gasteiger partial charge in [0.25, 0.3) is 5.91 Å². The molecule has 1 aromatic carbocycles. The van der Waals surface area contributed by atoms with Gasteiger partial charge in [-0.3, -0.25) is 14.7 Å². The molecule has 1 amide bonds. The van der Waals surface area contributed by atoms with Gasteiger partial charge in [-0.25, -0.2) is 14.4 Å². The molecule has 0 fully saturated rings. The number of hydrogen-bond acceptors (Lipinski definition) is 9. The van der Waals surface area contributed by atoms with Crippen LogP contribution in [0, 0.1) is 12.7 Å². The fraction of sp³-hybridized carbons (Fsp3) is 0.286. The van der Waals surface area contributed by atoms with E-state index in [1.165, 1.54) is 12.5 Å². The number of halogens is 1. The molecule has 39 heavy (non-hydrogen) atoms. The molecule has 10 nitrogen and oxygen atoms in total. The highest BCUT2D eigenvalue weighted by Crippen LogP contribution is 2.28. The van der Waals surface area contributed by atoms with Crippen molar-refractivity contribution < 1.29 is 23.4 Å². The number of ether oxygens (including phenoxy) is 1. The highest BCUT2D eigenvalue weighted by atomic mass is 19.1. The number of amides is 1. The second-order valence-electron chi connectivity index (χ2n) is 9.35. The molecular weight excluding hydrogens is 503 g/mol. The Hall–Kier alpha value is -4.35. The third kappa shape index (κ3) is 6.75. The smallest absolute Gasteiger partial charge is 0.251 e. The first-order chi connectivity index (χ1) is 18.9. The van der Waals surface area contributed by atoms with Crippen LogP contribution >= 0.6 is 0 Å². The highest BCUT2D eigenvalue weighted by Gasteiger charge is 2.22. The van der Waals surface area contributed by atoms with Gasteiger partial charge in [-0.15, -0.1) is 0 Å². The van der Waals surface area contributed by atoms with Crippen molar-refractivity contribution in [3.8, 4) is 5.75 Å². The standard InChI is InChI=1S/C28H29FN6O4/c1-18-26(39-17-33-18)16-38-25-10-19-5-8-35(14-21(19)9-24(25)29)15-23(36)13-32-28(37)20-4-7-31-27(11-20)34-22-3-2-6-30-12-22/h2-4,6-7,9-12,17,23,36H,5,8,13-16H2,1H3,(H,31,34)(H,32,37)/t23-/m0/s1. The number of pyridine rings is 2. The van der Waals surface area contributed by atoms with E-state index in [4.69, 9.17) is 9.15 Å². The zero-order valence-electron chi connectivity index (χ0n) is 21.4. The zero-order valence-corrected chi connectivity index (χ0v) is 21.4. The summed E-state index contributed by atoms with van der Waals surface area (Å²) in [6, 6.07) is 10.1. The Labute approximate surface area is 224 Å². The van der Waals surface area contributed by atoms with Crippen molar-refractivity contribution in [2.45, 2.75) is 32.6 Å². The molecule has 202 valence electrons. The first kappa shape index (κ1) is 26.3. The van der Waals surface area contributed by atoms with E-state index in [1.54, 1.807) is 49.8 Å². The molecule has 1 atom stereocenters. The van der Waals surface area contributed by atoms with Gasteiger partial charge < -0.3 is 24.9 Å². The predicted molar refractivity (Wildman–Crippen MR) is 141 cm³/mol. The largest absolute Gasteiger partial charge is 0.482 e. The van der Waals surface area contributed by atoms with Crippen molar-refractivity contribution >= 4 is 17.4 Å². The number of nitrogens with zero attached hydrogens (tertiary/aromatic N) is 4. The minimum Gasteiger partial charge on any atom is -0.482 e. The summed E-state index contributed by atoms with van der Waals surface area (Å²) in [4.78, 5) is 27.0. The minimum atomic E-state index is -0.789. The van der Waals surface area contributed by atoms with Crippen LogP contribution in [0.25, 0.3) is 0 Å². The summed E-state index contributed by atoms with van der Waals surface area (Å²) in [6.45, 7) is 3.52. The van der Waals surface area contributed by atoms with Crippen molar-refractivity contribution in [1.29, 1.82) is 0 Å². The van der Waals surface area contributed by atoms with Gasteiger partial charge in [-0.2, -0.15) is 0 Å². The number of rotatable bonds is 10. The van der Waals surface area contributed by atoms with Crippen LogP contribution in [-0.2, 0) is 19.6 Å². The molecule has 0 saturated heterocycles. The van der Waals surface area contributed by atoms with E-state index < -0.39 is 11.9 Å². The average Bonchev–Trinajstić information content (AvgIpc) is 3.35. The van der Waals surface area contributed by atoms with Crippen LogP contribution in [0.5, 0.6) is 5.75 Å². The van der Waals surface area contributed by atoms with Gasteiger partial charge >= 0.3 is 0 Å². The fourth-order valence-corrected chi connectivity index (χ4v) is 4.39. The van der Waals surface area contributed by atoms with Gasteiger partial charge in [-0.1, -0.05) is 0 Å². The van der Waals surface area contributed by atoms with Gasteiger partial charge in [0.2, 0.25) is 0 Å². The Morgan fingerprint density at radius 3 is 2.92 bits per heavy atom. The molecule has 0 unspecified atom stereocenters. The molecule has 3 aromatic heterocycles. The predicted octanol–water partition coefficient (Wildman–Crippen LogP) is 3.38. The fourth-order valence-electron chi connectivity index (χ4n) is 4.39. The van der Waals surface area contributed by atoms with E-state index in [1.807, 2.05) is 11.0 Å². The van der Waals surface area contributed by atoms with Crippen molar-refractivity contribution in [3.05, 3.63) is 95.3 Å². The van der Waals surface area contributed by atoms with Crippen molar-refractivity contribution in [3.63, 3.8) is 0 Å². The molecule has 0 spiro atoms. The second-order valence-corrected chi connectivity index (χ2v) is 9.35. The Balaban J connectivity index is 1.11. The van der Waals surface area contributed by atoms with Gasteiger partial charge in [0, 0.05) is 44.1 Å². The maximum atomic E-state index is 14.7. The molecule has 11 heteroatoms. The lowest BCUT2D eigenvalue weighted by molar-refractivity contribution is 0.0841. The lowest BCUT2D eigenvalue weighted by Crippen LogP contribution is -2.42. The Kier molecular flexibility index (Phi) is 8.09. The number of fused-ring (bicyclic) bond motifs is 1. The van der Waals surface area contributed by atoms with E-state index >= 15 is 0 Å². The van der Waals surface area contributed by atoms with Crippen molar-refractivity contribution in [1.82, 2.24) is 25.2 Å². The van der Waals surface area contributed by atoms with Crippen LogP contribution in [0.2, 0.25) is 0 Å². The molecule has 1 aliphatic rings. The zero-order chi connectivity index (χ0) is 27.2. The topological polar surface area (TPSA) is 126 Å². The van der Waals surface area contributed by atoms with Crippen LogP contribution in [-0.4, -0.2) is 56.6 Å². The number of β-amino-alcohol motifs (C(OH)–C–C–N with tert-alkyl or cyclic N) is 1. The van der Waals surface area contributed by atoms with E-state index in [0.29, 0.717) is 48.9 Å². The average molecular weight is 533 g/mol. The van der Waals surface area contributed by atoms with E-state index in [9.17, 15) is 14.3 Å². The Morgan fingerprint density at radius 1 is 1.23 bits per heavy atom. The number of nitrogens with one attached hydrogen (secondary N) is 2.